The van der Waals surface area contributed by atoms with E-state index in [0.717, 1.165) is 12.1 Å². The van der Waals surface area contributed by atoms with Crippen LogP contribution in [0.5, 0.6) is 0 Å². The zero-order valence-electron chi connectivity index (χ0n) is 8.44. The van der Waals surface area contributed by atoms with Gasteiger partial charge in [0.25, 0.3) is 0 Å². The highest BCUT2D eigenvalue weighted by Gasteiger charge is 2.04. The van der Waals surface area contributed by atoms with Crippen LogP contribution >= 0.6 is 11.6 Å². The maximum Gasteiger partial charge on any atom is 0.337 e. The minimum absolute atomic E-state index is 0.357. The van der Waals surface area contributed by atoms with Gasteiger partial charge in [0.1, 0.15) is 0 Å². The third-order valence-corrected chi connectivity index (χ3v) is 1.98. The molecular weight excluding hydrogens is 214 g/mol. The summed E-state index contributed by atoms with van der Waals surface area (Å²) in [5, 5.41) is 0. The summed E-state index contributed by atoms with van der Waals surface area (Å²) in [6.45, 7) is 0. The zero-order valence-corrected chi connectivity index (χ0v) is 9.20. The Morgan fingerprint density at radius 1 is 1.67 bits per heavy atom. The van der Waals surface area contributed by atoms with Crippen molar-refractivity contribution in [2.75, 3.05) is 13.0 Å². The van der Waals surface area contributed by atoms with Gasteiger partial charge >= 0.3 is 5.97 Å². The molecule has 1 rings (SSSR count). The van der Waals surface area contributed by atoms with E-state index in [9.17, 15) is 4.79 Å². The number of esters is 1. The van der Waals surface area contributed by atoms with Gasteiger partial charge in [0, 0.05) is 12.1 Å². The van der Waals surface area contributed by atoms with E-state index in [-0.39, 0.29) is 5.97 Å². The van der Waals surface area contributed by atoms with Crippen LogP contribution in [0.25, 0.3) is 6.08 Å². The molecule has 0 fully saturated rings. The van der Waals surface area contributed by atoms with Gasteiger partial charge in [0.2, 0.25) is 0 Å². The van der Waals surface area contributed by atoms with Crippen molar-refractivity contribution in [3.63, 3.8) is 0 Å². The van der Waals surface area contributed by atoms with Crippen LogP contribution in [0.4, 0.5) is 0 Å². The number of halogens is 1. The largest absolute Gasteiger partial charge is 0.465 e. The molecule has 1 heterocycles. The molecule has 0 bridgehead atoms. The molecular formula is C11H12ClNO2. The van der Waals surface area contributed by atoms with Gasteiger partial charge < -0.3 is 4.74 Å². The van der Waals surface area contributed by atoms with Crippen molar-refractivity contribution in [1.82, 2.24) is 4.98 Å². The molecule has 0 aliphatic carbocycles. The second-order valence-electron chi connectivity index (χ2n) is 2.84. The maximum atomic E-state index is 11.2. The molecule has 0 unspecified atom stereocenters. The average Bonchev–Trinajstić information content (AvgIpc) is 2.29. The summed E-state index contributed by atoms with van der Waals surface area (Å²) in [6.07, 6.45) is 6.10. The summed E-state index contributed by atoms with van der Waals surface area (Å²) in [5.74, 6) is 0.220. The van der Waals surface area contributed by atoms with Crippen LogP contribution in [0.3, 0.4) is 0 Å². The summed E-state index contributed by atoms with van der Waals surface area (Å²) in [4.78, 5) is 15.3. The Hall–Kier alpha value is -1.35. The molecule has 0 radical (unpaired) electrons. The predicted octanol–water partition coefficient (Wildman–Crippen LogP) is 2.51. The average molecular weight is 226 g/mol. The molecule has 0 amide bonds. The third kappa shape index (κ3) is 3.72. The summed E-state index contributed by atoms with van der Waals surface area (Å²) in [7, 11) is 1.35. The Bertz CT molecular complexity index is 363. The van der Waals surface area contributed by atoms with E-state index in [1.165, 1.54) is 7.11 Å². The van der Waals surface area contributed by atoms with Crippen LogP contribution in [-0.2, 0) is 4.74 Å². The first-order valence-electron chi connectivity index (χ1n) is 4.55. The van der Waals surface area contributed by atoms with Crippen molar-refractivity contribution < 1.29 is 9.53 Å². The number of allylic oxidation sites excluding steroid dienone is 1. The van der Waals surface area contributed by atoms with Gasteiger partial charge in [-0.2, -0.15) is 0 Å². The Labute approximate surface area is 93.7 Å². The first kappa shape index (κ1) is 11.7. The van der Waals surface area contributed by atoms with Crippen molar-refractivity contribution in [3.05, 3.63) is 35.7 Å². The lowest BCUT2D eigenvalue weighted by atomic mass is 10.2. The number of methoxy groups -OCH3 is 1. The van der Waals surface area contributed by atoms with Gasteiger partial charge in [-0.25, -0.2) is 4.79 Å². The molecule has 1 aromatic rings. The van der Waals surface area contributed by atoms with E-state index < -0.39 is 0 Å². The van der Waals surface area contributed by atoms with E-state index in [4.69, 9.17) is 11.6 Å². The minimum atomic E-state index is -0.357. The Morgan fingerprint density at radius 3 is 3.13 bits per heavy atom. The van der Waals surface area contributed by atoms with E-state index in [1.807, 2.05) is 12.2 Å². The van der Waals surface area contributed by atoms with Crippen LogP contribution in [0, 0.1) is 0 Å². The van der Waals surface area contributed by atoms with Gasteiger partial charge in [0.15, 0.2) is 0 Å². The smallest absolute Gasteiger partial charge is 0.337 e. The lowest BCUT2D eigenvalue weighted by molar-refractivity contribution is 0.0600. The second kappa shape index (κ2) is 6.19. The zero-order chi connectivity index (χ0) is 11.1. The van der Waals surface area contributed by atoms with Crippen molar-refractivity contribution in [3.8, 4) is 0 Å². The normalized spacial score (nSPS) is 10.5. The van der Waals surface area contributed by atoms with Crippen LogP contribution in [0.15, 0.2) is 24.4 Å². The predicted molar refractivity (Wildman–Crippen MR) is 59.9 cm³/mol. The number of nitrogens with zero attached hydrogens (tertiary/aromatic N) is 1. The highest BCUT2D eigenvalue weighted by atomic mass is 35.5. The van der Waals surface area contributed by atoms with Gasteiger partial charge in [-0.15, -0.1) is 11.6 Å². The summed E-state index contributed by atoms with van der Waals surface area (Å²) < 4.78 is 4.60. The number of carbonyl (C=O) groups excluding carboxylic acids is 1. The van der Waals surface area contributed by atoms with E-state index in [0.29, 0.717) is 11.4 Å². The quantitative estimate of drug-likeness (QED) is 0.584. The number of hydrogen-bond acceptors (Lipinski definition) is 3. The Kier molecular flexibility index (Phi) is 4.84. The van der Waals surface area contributed by atoms with E-state index >= 15 is 0 Å². The molecule has 4 heteroatoms. The number of hydrogen-bond donors (Lipinski definition) is 0. The fourth-order valence-electron chi connectivity index (χ4n) is 1.05. The molecule has 0 N–H and O–H groups in total. The number of pyridine rings is 1. The summed E-state index contributed by atoms with van der Waals surface area (Å²) in [5.41, 5.74) is 1.22. The molecule has 0 atom stereocenters. The van der Waals surface area contributed by atoms with Gasteiger partial charge in [-0.05, 0) is 24.6 Å². The Morgan fingerprint density at radius 2 is 2.47 bits per heavy atom. The highest BCUT2D eigenvalue weighted by molar-refractivity contribution is 6.17. The lowest BCUT2D eigenvalue weighted by Gasteiger charge is -1.99. The molecule has 0 aromatic carbocycles. The first-order chi connectivity index (χ1) is 7.27. The maximum absolute atomic E-state index is 11.2. The molecule has 0 spiro atoms. The molecule has 0 saturated heterocycles. The molecule has 3 nitrogen and oxygen atoms in total. The van der Waals surface area contributed by atoms with Crippen molar-refractivity contribution in [2.45, 2.75) is 6.42 Å². The van der Waals surface area contributed by atoms with Gasteiger partial charge in [-0.3, -0.25) is 4.98 Å². The Balaban J connectivity index is 2.78. The molecule has 15 heavy (non-hydrogen) atoms. The van der Waals surface area contributed by atoms with Crippen LogP contribution in [0.2, 0.25) is 0 Å². The van der Waals surface area contributed by atoms with E-state index in [2.05, 4.69) is 9.72 Å². The lowest BCUT2D eigenvalue weighted by Crippen LogP contribution is -2.01. The molecule has 0 aliphatic heterocycles. The van der Waals surface area contributed by atoms with Gasteiger partial charge in [-0.1, -0.05) is 6.08 Å². The number of rotatable bonds is 4. The SMILES string of the molecule is COC(=O)c1ccnc(C=CCCCl)c1. The molecule has 80 valence electrons. The van der Waals surface area contributed by atoms with Crippen LogP contribution in [0.1, 0.15) is 22.5 Å². The number of aromatic nitrogens is 1. The van der Waals surface area contributed by atoms with Crippen molar-refractivity contribution in [1.29, 1.82) is 0 Å². The third-order valence-electron chi connectivity index (χ3n) is 1.77. The molecule has 1 aromatic heterocycles. The number of ether oxygens (including phenoxy) is 1. The van der Waals surface area contributed by atoms with Gasteiger partial charge in [0.05, 0.1) is 18.4 Å². The van der Waals surface area contributed by atoms with Crippen molar-refractivity contribution >= 4 is 23.6 Å². The minimum Gasteiger partial charge on any atom is -0.465 e. The standard InChI is InChI=1S/C11H12ClNO2/c1-15-11(14)9-5-7-13-10(8-9)4-2-3-6-12/h2,4-5,7-8H,3,6H2,1H3. The molecule has 0 saturated carbocycles. The number of alkyl halides is 1. The number of carbonyl (C=O) groups is 1. The monoisotopic (exact) mass is 225 g/mol. The topological polar surface area (TPSA) is 39.2 Å². The molecule has 0 aliphatic rings. The summed E-state index contributed by atoms with van der Waals surface area (Å²) in [6, 6.07) is 3.29. The van der Waals surface area contributed by atoms with Crippen molar-refractivity contribution in [2.24, 2.45) is 0 Å². The summed E-state index contributed by atoms with van der Waals surface area (Å²) >= 11 is 5.53. The highest BCUT2D eigenvalue weighted by Crippen LogP contribution is 2.05. The fourth-order valence-corrected chi connectivity index (χ4v) is 1.18. The van der Waals surface area contributed by atoms with E-state index in [1.54, 1.807) is 18.3 Å². The first-order valence-corrected chi connectivity index (χ1v) is 5.08. The fraction of sp³-hybridized carbons (Fsp3) is 0.273. The van der Waals surface area contributed by atoms with Crippen LogP contribution < -0.4 is 0 Å². The second-order valence-corrected chi connectivity index (χ2v) is 3.22. The van der Waals surface area contributed by atoms with Crippen LogP contribution in [-0.4, -0.2) is 23.9 Å².